The second-order valence-corrected chi connectivity index (χ2v) is 8.10. The fourth-order valence-electron chi connectivity index (χ4n) is 2.22. The van der Waals surface area contributed by atoms with Gasteiger partial charge in [-0.05, 0) is 11.6 Å². The molecule has 0 saturated heterocycles. The van der Waals surface area contributed by atoms with Gasteiger partial charge < -0.3 is 9.11 Å². The molecule has 1 aliphatic rings. The molecular formula is C14H12Na2O6S2. The fourth-order valence-corrected chi connectivity index (χ4v) is 4.69. The van der Waals surface area contributed by atoms with E-state index in [2.05, 4.69) is 0 Å². The van der Waals surface area contributed by atoms with Crippen LogP contribution in [0.5, 0.6) is 0 Å². The Morgan fingerprint density at radius 1 is 0.917 bits per heavy atom. The van der Waals surface area contributed by atoms with Gasteiger partial charge in [0.25, 0.3) is 0 Å². The molecule has 24 heavy (non-hydrogen) atoms. The molecule has 0 saturated carbocycles. The van der Waals surface area contributed by atoms with Crippen LogP contribution in [-0.4, -0.2) is 30.0 Å². The van der Waals surface area contributed by atoms with Gasteiger partial charge in [0.1, 0.15) is 20.2 Å². The van der Waals surface area contributed by atoms with E-state index in [4.69, 9.17) is 0 Å². The molecule has 0 aliphatic heterocycles. The number of rotatable bonds is 4. The first-order chi connectivity index (χ1) is 10.2. The third-order valence-electron chi connectivity index (χ3n) is 3.30. The van der Waals surface area contributed by atoms with Crippen molar-refractivity contribution in [3.63, 3.8) is 0 Å². The Balaban J connectivity index is 0.00000264. The molecule has 6 nitrogen and oxygen atoms in total. The fraction of sp³-hybridized carbons (Fsp3) is 0.143. The van der Waals surface area contributed by atoms with Crippen molar-refractivity contribution in [1.29, 1.82) is 0 Å². The van der Waals surface area contributed by atoms with Gasteiger partial charge in [-0.15, -0.1) is 0 Å². The van der Waals surface area contributed by atoms with Crippen LogP contribution in [-0.2, 0) is 20.2 Å². The average Bonchev–Trinajstić information content (AvgIpc) is 2.44. The molecule has 0 bridgehead atoms. The van der Waals surface area contributed by atoms with E-state index in [0.717, 1.165) is 6.08 Å². The quantitative estimate of drug-likeness (QED) is 0.379. The van der Waals surface area contributed by atoms with Gasteiger partial charge in [-0.25, -0.2) is 16.8 Å². The van der Waals surface area contributed by atoms with Gasteiger partial charge in [0.05, 0.1) is 0 Å². The minimum absolute atomic E-state index is 0. The van der Waals surface area contributed by atoms with E-state index >= 15 is 0 Å². The van der Waals surface area contributed by atoms with Crippen LogP contribution in [0.15, 0.2) is 60.7 Å². The smallest absolute Gasteiger partial charge is 0.746 e. The van der Waals surface area contributed by atoms with Crippen molar-refractivity contribution >= 4 is 26.3 Å². The van der Waals surface area contributed by atoms with E-state index in [-0.39, 0.29) is 59.1 Å². The maximum Gasteiger partial charge on any atom is 1.00 e. The van der Waals surface area contributed by atoms with Gasteiger partial charge in [-0.2, -0.15) is 0 Å². The Morgan fingerprint density at radius 3 is 1.96 bits per heavy atom. The summed E-state index contributed by atoms with van der Waals surface area (Å²) < 4.78 is 66.1. The summed E-state index contributed by atoms with van der Waals surface area (Å²) in [4.78, 5) is 0. The molecule has 0 N–H and O–H groups in total. The second kappa shape index (κ2) is 9.27. The van der Waals surface area contributed by atoms with E-state index < -0.39 is 30.2 Å². The Morgan fingerprint density at radius 2 is 1.46 bits per heavy atom. The Bertz CT molecular complexity index is 811. The largest absolute Gasteiger partial charge is 1.00 e. The summed E-state index contributed by atoms with van der Waals surface area (Å²) in [7, 11) is -10.9. The van der Waals surface area contributed by atoms with Crippen LogP contribution in [0.25, 0.3) is 6.08 Å². The Hall–Kier alpha value is 0.260. The van der Waals surface area contributed by atoms with Gasteiger partial charge in [0.15, 0.2) is 4.08 Å². The summed E-state index contributed by atoms with van der Waals surface area (Å²) in [5, 5.41) is 0. The van der Waals surface area contributed by atoms with Crippen molar-refractivity contribution in [3.05, 3.63) is 66.3 Å². The van der Waals surface area contributed by atoms with Gasteiger partial charge in [-0.3, -0.25) is 0 Å². The van der Waals surface area contributed by atoms with Gasteiger partial charge in [-0.1, -0.05) is 60.7 Å². The van der Waals surface area contributed by atoms with E-state index in [1.54, 1.807) is 30.3 Å². The topological polar surface area (TPSA) is 114 Å². The van der Waals surface area contributed by atoms with Crippen LogP contribution in [0.3, 0.4) is 0 Å². The zero-order valence-electron chi connectivity index (χ0n) is 13.2. The normalized spacial score (nSPS) is 19.5. The van der Waals surface area contributed by atoms with Crippen LogP contribution in [0.4, 0.5) is 0 Å². The van der Waals surface area contributed by atoms with Gasteiger partial charge in [0, 0.05) is 5.92 Å². The molecule has 0 amide bonds. The number of benzene rings is 1. The predicted octanol–water partition coefficient (Wildman–Crippen LogP) is -4.76. The molecule has 0 aromatic heterocycles. The summed E-state index contributed by atoms with van der Waals surface area (Å²) in [6, 6.07) is 8.65. The van der Waals surface area contributed by atoms with Gasteiger partial charge in [0.2, 0.25) is 0 Å². The molecule has 0 radical (unpaired) electrons. The molecule has 2 rings (SSSR count). The minimum Gasteiger partial charge on any atom is -0.746 e. The minimum atomic E-state index is -5.44. The Kier molecular flexibility index (Phi) is 9.37. The molecule has 1 aliphatic carbocycles. The van der Waals surface area contributed by atoms with Gasteiger partial charge >= 0.3 is 59.1 Å². The molecule has 0 fully saturated rings. The van der Waals surface area contributed by atoms with E-state index in [1.807, 2.05) is 0 Å². The van der Waals surface area contributed by atoms with Crippen LogP contribution in [0, 0.1) is 5.92 Å². The number of hydrogen-bond acceptors (Lipinski definition) is 6. The molecule has 10 heteroatoms. The van der Waals surface area contributed by atoms with Crippen LogP contribution < -0.4 is 59.1 Å². The maximum absolute atomic E-state index is 11.5. The molecule has 0 heterocycles. The monoisotopic (exact) mass is 386 g/mol. The van der Waals surface area contributed by atoms with Crippen molar-refractivity contribution in [2.45, 2.75) is 4.08 Å². The zero-order chi connectivity index (χ0) is 16.4. The number of allylic oxidation sites excluding steroid dienone is 4. The Labute approximate surface area is 185 Å². The first kappa shape index (κ1) is 24.3. The summed E-state index contributed by atoms with van der Waals surface area (Å²) in [6.07, 6.45) is 6.97. The summed E-state index contributed by atoms with van der Waals surface area (Å²) in [5.41, 5.74) is 0.672. The summed E-state index contributed by atoms with van der Waals surface area (Å²) in [6.45, 7) is 0. The molecule has 1 aromatic rings. The van der Waals surface area contributed by atoms with Crippen molar-refractivity contribution in [2.24, 2.45) is 5.92 Å². The van der Waals surface area contributed by atoms with Crippen molar-refractivity contribution in [2.75, 3.05) is 0 Å². The first-order valence-corrected chi connectivity index (χ1v) is 9.00. The van der Waals surface area contributed by atoms with Crippen molar-refractivity contribution < 1.29 is 85.1 Å². The first-order valence-electron chi connectivity index (χ1n) is 6.18. The van der Waals surface area contributed by atoms with Crippen LogP contribution >= 0.6 is 0 Å². The molecule has 1 atom stereocenters. The molecule has 0 spiro atoms. The summed E-state index contributed by atoms with van der Waals surface area (Å²) in [5.74, 6) is -1.40. The van der Waals surface area contributed by atoms with Crippen LogP contribution in [0.2, 0.25) is 0 Å². The zero-order valence-corrected chi connectivity index (χ0v) is 18.8. The SMILES string of the molecule is O=S(=O)([O-])C1(S(=O)(=O)[O-])C=CC=CC1C=Cc1ccccc1.[Na+].[Na+]. The third-order valence-corrected chi connectivity index (χ3v) is 6.90. The predicted molar refractivity (Wildman–Crippen MR) is 79.4 cm³/mol. The van der Waals surface area contributed by atoms with Crippen LogP contribution in [0.1, 0.15) is 5.56 Å². The molecule has 1 aromatic carbocycles. The van der Waals surface area contributed by atoms with Crippen molar-refractivity contribution in [1.82, 2.24) is 0 Å². The maximum atomic E-state index is 11.5. The third kappa shape index (κ3) is 4.91. The van der Waals surface area contributed by atoms with Crippen molar-refractivity contribution in [3.8, 4) is 0 Å². The number of hydrogen-bond donors (Lipinski definition) is 0. The molecule has 1 unspecified atom stereocenters. The molecule has 118 valence electrons. The molecular weight excluding hydrogens is 374 g/mol. The summed E-state index contributed by atoms with van der Waals surface area (Å²) >= 11 is 0. The van der Waals surface area contributed by atoms with E-state index in [0.29, 0.717) is 11.6 Å². The average molecular weight is 386 g/mol. The second-order valence-electron chi connectivity index (χ2n) is 4.67. The standard InChI is InChI=1S/C14H14O6S2.2Na/c15-21(16,17)14(22(18,19)20)11-5-4-8-13(14)10-9-12-6-2-1-3-7-12;;/h1-11,13H,(H,15,16,17)(H,18,19,20);;/q;2*+1/p-2. The van der Waals surface area contributed by atoms with E-state index in [9.17, 15) is 25.9 Å². The van der Waals surface area contributed by atoms with E-state index in [1.165, 1.54) is 24.3 Å².